The summed E-state index contributed by atoms with van der Waals surface area (Å²) < 4.78 is 17.6. The number of hydrogen-bond acceptors (Lipinski definition) is 3. The van der Waals surface area contributed by atoms with E-state index in [2.05, 4.69) is 18.4 Å². The van der Waals surface area contributed by atoms with E-state index in [1.807, 2.05) is 37.3 Å². The van der Waals surface area contributed by atoms with Gasteiger partial charge in [-0.05, 0) is 68.7 Å². The zero-order valence-electron chi connectivity index (χ0n) is 16.5. The fraction of sp³-hybridized carbons (Fsp3) is 0.583. The average molecular weight is 369 g/mol. The van der Waals surface area contributed by atoms with Crippen molar-refractivity contribution >= 4 is 0 Å². The van der Waals surface area contributed by atoms with Crippen LogP contribution in [0.2, 0.25) is 0 Å². The van der Waals surface area contributed by atoms with Crippen molar-refractivity contribution in [2.24, 2.45) is 11.8 Å². The SMILES string of the molecule is C=CCC[C@H]1CC[C@H](C2COC(C#Cc3ccc(OCC)cc3)CO2)CC1. The van der Waals surface area contributed by atoms with E-state index in [0.29, 0.717) is 25.7 Å². The van der Waals surface area contributed by atoms with Gasteiger partial charge in [0.1, 0.15) is 11.9 Å². The highest BCUT2D eigenvalue weighted by molar-refractivity contribution is 5.38. The van der Waals surface area contributed by atoms with Gasteiger partial charge in [-0.2, -0.15) is 0 Å². The van der Waals surface area contributed by atoms with Crippen molar-refractivity contribution in [3.63, 3.8) is 0 Å². The summed E-state index contributed by atoms with van der Waals surface area (Å²) in [5.41, 5.74) is 0.974. The van der Waals surface area contributed by atoms with Gasteiger partial charge >= 0.3 is 0 Å². The first-order valence-electron chi connectivity index (χ1n) is 10.4. The van der Waals surface area contributed by atoms with Gasteiger partial charge in [0, 0.05) is 5.56 Å². The van der Waals surface area contributed by atoms with Crippen LogP contribution in [0.25, 0.3) is 0 Å². The minimum Gasteiger partial charge on any atom is -0.494 e. The smallest absolute Gasteiger partial charge is 0.141 e. The summed E-state index contributed by atoms with van der Waals surface area (Å²) in [6.45, 7) is 7.74. The molecule has 3 nitrogen and oxygen atoms in total. The van der Waals surface area contributed by atoms with E-state index in [9.17, 15) is 0 Å². The van der Waals surface area contributed by atoms with E-state index in [1.54, 1.807) is 0 Å². The molecule has 0 N–H and O–H groups in total. The molecule has 1 saturated carbocycles. The number of rotatable bonds is 6. The van der Waals surface area contributed by atoms with Crippen LogP contribution in [0, 0.1) is 23.7 Å². The van der Waals surface area contributed by atoms with Crippen LogP contribution in [0.4, 0.5) is 0 Å². The summed E-state index contributed by atoms with van der Waals surface area (Å²) in [5.74, 6) is 8.77. The molecule has 0 aromatic heterocycles. The summed E-state index contributed by atoms with van der Waals surface area (Å²) >= 11 is 0. The first-order valence-corrected chi connectivity index (χ1v) is 10.4. The van der Waals surface area contributed by atoms with Crippen molar-refractivity contribution in [3.8, 4) is 17.6 Å². The molecule has 2 unspecified atom stereocenters. The maximum absolute atomic E-state index is 6.12. The third-order valence-corrected chi connectivity index (χ3v) is 5.66. The van der Waals surface area contributed by atoms with Crippen LogP contribution in [0.15, 0.2) is 36.9 Å². The Hall–Kier alpha value is -1.76. The Morgan fingerprint density at radius 2 is 1.89 bits per heavy atom. The second-order valence-electron chi connectivity index (χ2n) is 7.57. The molecule has 0 amide bonds. The molecular weight excluding hydrogens is 336 g/mol. The Morgan fingerprint density at radius 1 is 1.11 bits per heavy atom. The topological polar surface area (TPSA) is 27.7 Å². The molecule has 1 heterocycles. The zero-order valence-corrected chi connectivity index (χ0v) is 16.5. The van der Waals surface area contributed by atoms with Crippen LogP contribution in [0.3, 0.4) is 0 Å². The highest BCUT2D eigenvalue weighted by Gasteiger charge is 2.31. The molecule has 2 aliphatic rings. The molecule has 0 bridgehead atoms. The Balaban J connectivity index is 1.41. The van der Waals surface area contributed by atoms with Crippen molar-refractivity contribution in [3.05, 3.63) is 42.5 Å². The van der Waals surface area contributed by atoms with Crippen LogP contribution in [0.1, 0.15) is 51.0 Å². The predicted molar refractivity (Wildman–Crippen MR) is 109 cm³/mol. The normalized spacial score (nSPS) is 28.0. The molecule has 3 rings (SSSR count). The molecule has 0 radical (unpaired) electrons. The van der Waals surface area contributed by atoms with Gasteiger partial charge < -0.3 is 14.2 Å². The molecule has 1 aliphatic carbocycles. The van der Waals surface area contributed by atoms with Crippen LogP contribution >= 0.6 is 0 Å². The lowest BCUT2D eigenvalue weighted by atomic mass is 9.77. The Kier molecular flexibility index (Phi) is 7.80. The Labute approximate surface area is 164 Å². The largest absolute Gasteiger partial charge is 0.494 e. The predicted octanol–water partition coefficient (Wildman–Crippen LogP) is 4.99. The lowest BCUT2D eigenvalue weighted by Gasteiger charge is -2.36. The van der Waals surface area contributed by atoms with Gasteiger partial charge in [0.25, 0.3) is 0 Å². The van der Waals surface area contributed by atoms with Gasteiger partial charge in [0.05, 0.1) is 25.9 Å². The summed E-state index contributed by atoms with van der Waals surface area (Å²) in [6.07, 6.45) is 9.76. The second kappa shape index (κ2) is 10.5. The Morgan fingerprint density at radius 3 is 2.52 bits per heavy atom. The number of hydrogen-bond donors (Lipinski definition) is 0. The van der Waals surface area contributed by atoms with Gasteiger partial charge in [0.15, 0.2) is 0 Å². The van der Waals surface area contributed by atoms with E-state index < -0.39 is 0 Å². The lowest BCUT2D eigenvalue weighted by Crippen LogP contribution is -2.40. The van der Waals surface area contributed by atoms with Crippen LogP contribution < -0.4 is 4.74 Å². The van der Waals surface area contributed by atoms with Crippen molar-refractivity contribution in [2.45, 2.75) is 57.7 Å². The van der Waals surface area contributed by atoms with Gasteiger partial charge in [-0.25, -0.2) is 0 Å². The molecule has 1 aliphatic heterocycles. The molecule has 1 aromatic rings. The molecule has 1 saturated heterocycles. The molecule has 2 atom stereocenters. The minimum atomic E-state index is -0.128. The Bertz CT molecular complexity index is 624. The fourth-order valence-corrected chi connectivity index (χ4v) is 4.04. The van der Waals surface area contributed by atoms with Crippen molar-refractivity contribution in [2.75, 3.05) is 19.8 Å². The fourth-order valence-electron chi connectivity index (χ4n) is 4.04. The van der Waals surface area contributed by atoms with Gasteiger partial charge in [-0.3, -0.25) is 0 Å². The average Bonchev–Trinajstić information content (AvgIpc) is 2.73. The molecule has 1 aromatic carbocycles. The van der Waals surface area contributed by atoms with Gasteiger partial charge in [-0.15, -0.1) is 6.58 Å². The molecule has 146 valence electrons. The maximum atomic E-state index is 6.12. The molecule has 2 fully saturated rings. The summed E-state index contributed by atoms with van der Waals surface area (Å²) in [4.78, 5) is 0. The molecular formula is C24H32O3. The summed E-state index contributed by atoms with van der Waals surface area (Å²) in [7, 11) is 0. The van der Waals surface area contributed by atoms with E-state index in [-0.39, 0.29) is 12.2 Å². The number of benzene rings is 1. The number of ether oxygens (including phenoxy) is 3. The maximum Gasteiger partial charge on any atom is 0.141 e. The monoisotopic (exact) mass is 368 g/mol. The quantitative estimate of drug-likeness (QED) is 0.523. The van der Waals surface area contributed by atoms with Crippen molar-refractivity contribution in [1.29, 1.82) is 0 Å². The van der Waals surface area contributed by atoms with Crippen molar-refractivity contribution < 1.29 is 14.2 Å². The van der Waals surface area contributed by atoms with E-state index in [1.165, 1.54) is 32.1 Å². The third kappa shape index (κ3) is 6.13. The van der Waals surface area contributed by atoms with E-state index >= 15 is 0 Å². The standard InChI is InChI=1S/C24H32O3/c1-3-5-6-19-7-12-21(13-8-19)24-18-26-23(17-27-24)16-11-20-9-14-22(15-10-20)25-4-2/h3,9-10,14-15,19,21,23-24H,1,4-8,12-13,17-18H2,2H3/t19-,21-,23?,24?. The summed E-state index contributed by atoms with van der Waals surface area (Å²) in [5, 5.41) is 0. The van der Waals surface area contributed by atoms with Crippen LogP contribution in [-0.4, -0.2) is 32.0 Å². The highest BCUT2D eigenvalue weighted by Crippen LogP contribution is 2.35. The lowest BCUT2D eigenvalue weighted by molar-refractivity contribution is -0.138. The van der Waals surface area contributed by atoms with Gasteiger partial charge in [0.2, 0.25) is 0 Å². The van der Waals surface area contributed by atoms with Gasteiger partial charge in [-0.1, -0.05) is 30.8 Å². The van der Waals surface area contributed by atoms with E-state index in [4.69, 9.17) is 14.2 Å². The highest BCUT2D eigenvalue weighted by atomic mass is 16.6. The molecule has 27 heavy (non-hydrogen) atoms. The molecule has 0 spiro atoms. The van der Waals surface area contributed by atoms with Crippen LogP contribution in [-0.2, 0) is 9.47 Å². The first-order chi connectivity index (χ1) is 13.3. The van der Waals surface area contributed by atoms with Crippen LogP contribution in [0.5, 0.6) is 5.75 Å². The first kappa shape index (κ1) is 20.0. The zero-order chi connectivity index (χ0) is 18.9. The number of allylic oxidation sites excluding steroid dienone is 1. The third-order valence-electron chi connectivity index (χ3n) is 5.66. The second-order valence-corrected chi connectivity index (χ2v) is 7.57. The van der Waals surface area contributed by atoms with Crippen molar-refractivity contribution in [1.82, 2.24) is 0 Å². The minimum absolute atomic E-state index is 0.128. The molecule has 3 heteroatoms. The van der Waals surface area contributed by atoms with E-state index in [0.717, 1.165) is 23.7 Å². The summed E-state index contributed by atoms with van der Waals surface area (Å²) in [6, 6.07) is 7.87.